The molecule has 0 spiro atoms. The van der Waals surface area contributed by atoms with E-state index in [1.165, 1.54) is 10.1 Å². The SMILES string of the molecule is CCCCOC(=O)Nc1nc(OCCCC)nc2c1[nH]c(=O)n2Cc1ccc(CN2CCC(CCNC(=O)CON)CC2)cc1. The van der Waals surface area contributed by atoms with Gasteiger partial charge in [-0.3, -0.25) is 24.4 Å². The molecule has 1 saturated heterocycles. The van der Waals surface area contributed by atoms with Crippen molar-refractivity contribution in [2.24, 2.45) is 11.8 Å². The number of anilines is 1. The van der Waals surface area contributed by atoms with E-state index in [1.807, 2.05) is 19.1 Å². The number of fused-ring (bicyclic) bond motifs is 1. The number of likely N-dealkylation sites (tertiary alicyclic amines) is 1. The second-order valence-corrected chi connectivity index (χ2v) is 11.4. The number of nitrogens with zero attached hydrogens (tertiary/aromatic N) is 4. The number of hydrogen-bond donors (Lipinski definition) is 4. The Hall–Kier alpha value is -4.01. The first kappa shape index (κ1) is 33.9. The van der Waals surface area contributed by atoms with Gasteiger partial charge in [0.1, 0.15) is 12.1 Å². The Bertz CT molecular complexity index is 1430. The molecule has 0 atom stereocenters. The molecule has 3 aromatic rings. The van der Waals surface area contributed by atoms with E-state index in [4.69, 9.17) is 15.4 Å². The van der Waals surface area contributed by atoms with Gasteiger partial charge in [-0.05, 0) is 62.2 Å². The fourth-order valence-corrected chi connectivity index (χ4v) is 5.23. The number of rotatable bonds is 17. The summed E-state index contributed by atoms with van der Waals surface area (Å²) in [5.74, 6) is 5.46. The van der Waals surface area contributed by atoms with Gasteiger partial charge in [0.2, 0.25) is 5.91 Å². The van der Waals surface area contributed by atoms with E-state index in [9.17, 15) is 14.4 Å². The average Bonchev–Trinajstić information content (AvgIpc) is 3.34. The van der Waals surface area contributed by atoms with Gasteiger partial charge in [0, 0.05) is 13.1 Å². The number of amides is 2. The number of piperidine rings is 1. The van der Waals surface area contributed by atoms with Crippen LogP contribution in [-0.4, -0.2) is 75.9 Å². The Morgan fingerprint density at radius 3 is 2.40 bits per heavy atom. The molecule has 1 aliphatic rings. The lowest BCUT2D eigenvalue weighted by atomic mass is 9.93. The lowest BCUT2D eigenvalue weighted by Crippen LogP contribution is -2.35. The molecule has 2 aromatic heterocycles. The van der Waals surface area contributed by atoms with Crippen LogP contribution in [0.2, 0.25) is 0 Å². The normalized spacial score (nSPS) is 14.0. The van der Waals surface area contributed by atoms with E-state index in [0.717, 1.165) is 70.1 Å². The van der Waals surface area contributed by atoms with Crippen LogP contribution in [0.4, 0.5) is 10.6 Å². The van der Waals surface area contributed by atoms with E-state index in [1.54, 1.807) is 0 Å². The van der Waals surface area contributed by atoms with Gasteiger partial charge in [-0.1, -0.05) is 51.0 Å². The predicted octanol–water partition coefficient (Wildman–Crippen LogP) is 3.30. The number of aromatic nitrogens is 4. The van der Waals surface area contributed by atoms with Crippen molar-refractivity contribution in [1.82, 2.24) is 29.7 Å². The smallest absolute Gasteiger partial charge is 0.412 e. The molecular formula is C31H46N8O6. The zero-order valence-electron chi connectivity index (χ0n) is 26.3. The second kappa shape index (κ2) is 17.5. The van der Waals surface area contributed by atoms with Crippen molar-refractivity contribution in [1.29, 1.82) is 0 Å². The number of carbonyl (C=O) groups excluding carboxylic acids is 2. The number of ether oxygens (including phenoxy) is 2. The molecule has 0 aliphatic carbocycles. The molecule has 0 radical (unpaired) electrons. The van der Waals surface area contributed by atoms with Crippen molar-refractivity contribution in [3.8, 4) is 6.01 Å². The number of imidazole rings is 1. The third-order valence-electron chi connectivity index (χ3n) is 7.85. The number of H-pyrrole nitrogens is 1. The third-order valence-corrected chi connectivity index (χ3v) is 7.85. The summed E-state index contributed by atoms with van der Waals surface area (Å²) in [6, 6.07) is 8.29. The minimum Gasteiger partial charge on any atom is -0.463 e. The molecule has 2 amide bonds. The Labute approximate surface area is 263 Å². The maximum atomic E-state index is 13.1. The minimum atomic E-state index is -0.654. The van der Waals surface area contributed by atoms with E-state index in [-0.39, 0.29) is 43.2 Å². The van der Waals surface area contributed by atoms with Crippen LogP contribution in [0.3, 0.4) is 0 Å². The fourth-order valence-electron chi connectivity index (χ4n) is 5.23. The number of carbonyl (C=O) groups is 2. The summed E-state index contributed by atoms with van der Waals surface area (Å²) in [4.78, 5) is 55.4. The van der Waals surface area contributed by atoms with Crippen LogP contribution in [0, 0.1) is 5.92 Å². The largest absolute Gasteiger partial charge is 0.463 e. The molecule has 14 nitrogen and oxygen atoms in total. The third kappa shape index (κ3) is 10.3. The van der Waals surface area contributed by atoms with E-state index < -0.39 is 6.09 Å². The molecule has 0 bridgehead atoms. The van der Waals surface area contributed by atoms with Gasteiger partial charge in [-0.15, -0.1) is 0 Å². The molecule has 0 unspecified atom stereocenters. The summed E-state index contributed by atoms with van der Waals surface area (Å²) >= 11 is 0. The summed E-state index contributed by atoms with van der Waals surface area (Å²) in [7, 11) is 0. The van der Waals surface area contributed by atoms with E-state index >= 15 is 0 Å². The van der Waals surface area contributed by atoms with Gasteiger partial charge in [-0.2, -0.15) is 9.97 Å². The molecule has 45 heavy (non-hydrogen) atoms. The number of benzene rings is 1. The summed E-state index contributed by atoms with van der Waals surface area (Å²) in [6.45, 7) is 8.42. The van der Waals surface area contributed by atoms with Crippen LogP contribution >= 0.6 is 0 Å². The second-order valence-electron chi connectivity index (χ2n) is 11.4. The molecule has 1 aliphatic heterocycles. The monoisotopic (exact) mass is 626 g/mol. The lowest BCUT2D eigenvalue weighted by molar-refractivity contribution is -0.125. The average molecular weight is 627 g/mol. The van der Waals surface area contributed by atoms with Crippen molar-refractivity contribution in [2.45, 2.75) is 71.9 Å². The molecule has 3 heterocycles. The maximum absolute atomic E-state index is 13.1. The molecule has 1 fully saturated rings. The maximum Gasteiger partial charge on any atom is 0.412 e. The summed E-state index contributed by atoms with van der Waals surface area (Å²) in [5.41, 5.74) is 2.40. The number of nitrogens with two attached hydrogens (primary N) is 1. The zero-order chi connectivity index (χ0) is 32.0. The molecule has 5 N–H and O–H groups in total. The first-order chi connectivity index (χ1) is 21.9. The summed E-state index contributed by atoms with van der Waals surface area (Å²) in [5, 5.41) is 5.47. The van der Waals surface area contributed by atoms with E-state index in [0.29, 0.717) is 30.2 Å². The van der Waals surface area contributed by atoms with Gasteiger partial charge in [-0.25, -0.2) is 15.5 Å². The van der Waals surface area contributed by atoms with Crippen LogP contribution in [0.15, 0.2) is 29.1 Å². The van der Waals surface area contributed by atoms with Crippen molar-refractivity contribution in [2.75, 3.05) is 44.8 Å². The van der Waals surface area contributed by atoms with Crippen molar-refractivity contribution < 1.29 is 23.9 Å². The molecule has 246 valence electrons. The highest BCUT2D eigenvalue weighted by Crippen LogP contribution is 2.23. The predicted molar refractivity (Wildman–Crippen MR) is 170 cm³/mol. The van der Waals surface area contributed by atoms with Crippen LogP contribution < -0.4 is 27.0 Å². The van der Waals surface area contributed by atoms with Crippen LogP contribution in [0.25, 0.3) is 11.2 Å². The molecule has 0 saturated carbocycles. The first-order valence-electron chi connectivity index (χ1n) is 15.9. The number of hydrogen-bond acceptors (Lipinski definition) is 10. The molecular weight excluding hydrogens is 580 g/mol. The minimum absolute atomic E-state index is 0.0811. The summed E-state index contributed by atoms with van der Waals surface area (Å²) < 4.78 is 12.5. The molecule has 4 rings (SSSR count). The Morgan fingerprint density at radius 1 is 1.02 bits per heavy atom. The quantitative estimate of drug-likeness (QED) is 0.128. The standard InChI is InChI=1S/C31H46N8O6/c1-3-5-17-43-29-35-27(36-31(42)44-18-6-4-2)26-28(37-29)39(30(41)34-26)20-24-9-7-23(8-10-24)19-38-15-12-22(13-16-38)11-14-33-25(40)21-45-32/h7-10,22H,3-6,11-21,32H2,1-2H3,(H,33,40)(H,34,41)(H,35,36,37,42). The van der Waals surface area contributed by atoms with Gasteiger partial charge in [0.15, 0.2) is 11.5 Å². The highest BCUT2D eigenvalue weighted by molar-refractivity contribution is 5.93. The fraction of sp³-hybridized carbons (Fsp3) is 0.581. The number of unbranched alkanes of at least 4 members (excludes halogenated alkanes) is 2. The van der Waals surface area contributed by atoms with Crippen molar-refractivity contribution in [3.63, 3.8) is 0 Å². The Morgan fingerprint density at radius 2 is 1.71 bits per heavy atom. The molecule has 1 aromatic carbocycles. The highest BCUT2D eigenvalue weighted by Gasteiger charge is 2.21. The van der Waals surface area contributed by atoms with Crippen LogP contribution in [0.5, 0.6) is 6.01 Å². The zero-order valence-corrected chi connectivity index (χ0v) is 26.3. The highest BCUT2D eigenvalue weighted by atomic mass is 16.6. The van der Waals surface area contributed by atoms with Crippen molar-refractivity contribution >= 4 is 29.0 Å². The van der Waals surface area contributed by atoms with Gasteiger partial charge in [0.05, 0.1) is 19.8 Å². The van der Waals surface area contributed by atoms with Gasteiger partial charge in [0.25, 0.3) is 0 Å². The number of nitrogens with one attached hydrogen (secondary N) is 3. The van der Waals surface area contributed by atoms with Gasteiger partial charge >= 0.3 is 17.8 Å². The van der Waals surface area contributed by atoms with E-state index in [2.05, 4.69) is 54.4 Å². The number of aromatic amines is 1. The van der Waals surface area contributed by atoms with Crippen LogP contribution in [-0.2, 0) is 27.5 Å². The lowest BCUT2D eigenvalue weighted by Gasteiger charge is -2.32. The first-order valence-corrected chi connectivity index (χ1v) is 15.9. The Kier molecular flexibility index (Phi) is 13.2. The van der Waals surface area contributed by atoms with Crippen molar-refractivity contribution in [3.05, 3.63) is 45.9 Å². The topological polar surface area (TPSA) is 179 Å². The van der Waals surface area contributed by atoms with Gasteiger partial charge < -0.3 is 19.8 Å². The summed E-state index contributed by atoms with van der Waals surface area (Å²) in [6.07, 6.45) is 5.87. The Balaban J connectivity index is 1.38. The molecule has 14 heteroatoms. The van der Waals surface area contributed by atoms with Crippen LogP contribution in [0.1, 0.15) is 69.9 Å².